The van der Waals surface area contributed by atoms with E-state index in [4.69, 9.17) is 4.74 Å². The summed E-state index contributed by atoms with van der Waals surface area (Å²) in [6, 6.07) is 16.2. The quantitative estimate of drug-likeness (QED) is 0.437. The molecule has 31 heavy (non-hydrogen) atoms. The second-order valence-electron chi connectivity index (χ2n) is 6.88. The zero-order chi connectivity index (χ0) is 22.0. The second-order valence-corrected chi connectivity index (χ2v) is 8.74. The minimum absolute atomic E-state index is 0.0475. The lowest BCUT2D eigenvalue weighted by Crippen LogP contribution is -2.30. The van der Waals surface area contributed by atoms with Gasteiger partial charge in [-0.3, -0.25) is 8.71 Å². The Morgan fingerprint density at radius 3 is 2.52 bits per heavy atom. The average molecular weight is 441 g/mol. The first kappa shape index (κ1) is 20.8. The highest BCUT2D eigenvalue weighted by Gasteiger charge is 2.26. The Morgan fingerprint density at radius 2 is 1.84 bits per heavy atom. The van der Waals surface area contributed by atoms with Crippen molar-refractivity contribution in [3.63, 3.8) is 0 Å². The van der Waals surface area contributed by atoms with Crippen LogP contribution in [0.25, 0.3) is 5.65 Å². The number of benzene rings is 2. The van der Waals surface area contributed by atoms with Crippen LogP contribution in [0.2, 0.25) is 0 Å². The summed E-state index contributed by atoms with van der Waals surface area (Å²) in [5.41, 5.74) is 1.53. The Kier molecular flexibility index (Phi) is 5.60. The molecule has 4 rings (SSSR count). The molecule has 2 aromatic carbocycles. The van der Waals surface area contributed by atoms with Crippen LogP contribution in [0.3, 0.4) is 0 Å². The van der Waals surface area contributed by atoms with Gasteiger partial charge in [0, 0.05) is 12.6 Å². The van der Waals surface area contributed by atoms with Gasteiger partial charge in [-0.1, -0.05) is 31.2 Å². The average Bonchev–Trinajstić information content (AvgIpc) is 3.20. The van der Waals surface area contributed by atoms with E-state index in [2.05, 4.69) is 10.2 Å². The number of hydrogen-bond acceptors (Lipinski definition) is 5. The van der Waals surface area contributed by atoms with Crippen LogP contribution in [0.4, 0.5) is 10.1 Å². The van der Waals surface area contributed by atoms with Crippen LogP contribution in [-0.4, -0.2) is 30.1 Å². The largest absolute Gasteiger partial charge is 0.494 e. The molecule has 4 aromatic rings. The number of pyridine rings is 1. The number of ether oxygens (including phenoxy) is 1. The molecule has 0 aliphatic rings. The van der Waals surface area contributed by atoms with Crippen molar-refractivity contribution in [2.24, 2.45) is 0 Å². The minimum Gasteiger partial charge on any atom is -0.494 e. The normalized spacial score (nSPS) is 11.6. The van der Waals surface area contributed by atoms with Gasteiger partial charge in [0.15, 0.2) is 17.2 Å². The molecule has 2 aromatic heterocycles. The first-order valence-electron chi connectivity index (χ1n) is 9.68. The van der Waals surface area contributed by atoms with Crippen LogP contribution in [0.5, 0.6) is 5.75 Å². The van der Waals surface area contributed by atoms with Gasteiger partial charge >= 0.3 is 0 Å². The number of nitrogens with zero attached hydrogens (tertiary/aromatic N) is 4. The van der Waals surface area contributed by atoms with Crippen LogP contribution in [0.15, 0.2) is 71.8 Å². The van der Waals surface area contributed by atoms with Crippen molar-refractivity contribution in [1.29, 1.82) is 0 Å². The van der Waals surface area contributed by atoms with Crippen LogP contribution < -0.4 is 9.04 Å². The first-order chi connectivity index (χ1) is 14.9. The van der Waals surface area contributed by atoms with E-state index in [0.29, 0.717) is 29.1 Å². The zero-order valence-electron chi connectivity index (χ0n) is 17.1. The second kappa shape index (κ2) is 8.35. The minimum atomic E-state index is -3.97. The predicted octanol–water partition coefficient (Wildman–Crippen LogP) is 3.83. The fraction of sp³-hybridized carbons (Fsp3) is 0.182. The molecular weight excluding hydrogens is 419 g/mol. The summed E-state index contributed by atoms with van der Waals surface area (Å²) in [6.07, 6.45) is 2.13. The number of fused-ring (bicyclic) bond motifs is 1. The van der Waals surface area contributed by atoms with Gasteiger partial charge in [-0.2, -0.15) is 0 Å². The molecule has 0 bridgehead atoms. The van der Waals surface area contributed by atoms with Gasteiger partial charge in [0.1, 0.15) is 10.7 Å². The van der Waals surface area contributed by atoms with E-state index in [0.717, 1.165) is 0 Å². The highest BCUT2D eigenvalue weighted by molar-refractivity contribution is 7.92. The van der Waals surface area contributed by atoms with E-state index in [1.54, 1.807) is 46.9 Å². The number of para-hydroxylation sites is 1. The van der Waals surface area contributed by atoms with E-state index in [9.17, 15) is 12.8 Å². The topological polar surface area (TPSA) is 76.8 Å². The third-order valence-corrected chi connectivity index (χ3v) is 6.69. The smallest absolute Gasteiger partial charge is 0.266 e. The maximum absolute atomic E-state index is 14.2. The van der Waals surface area contributed by atoms with Crippen LogP contribution in [0.1, 0.15) is 18.3 Å². The highest BCUT2D eigenvalue weighted by Crippen LogP contribution is 2.27. The summed E-state index contributed by atoms with van der Waals surface area (Å²) >= 11 is 0. The van der Waals surface area contributed by atoms with E-state index < -0.39 is 15.8 Å². The lowest BCUT2D eigenvalue weighted by Gasteiger charge is -2.25. The van der Waals surface area contributed by atoms with Gasteiger partial charge in [-0.15, -0.1) is 10.2 Å². The molecule has 0 radical (unpaired) electrons. The molecule has 0 N–H and O–H groups in total. The van der Waals surface area contributed by atoms with Gasteiger partial charge in [-0.05, 0) is 42.0 Å². The Hall–Kier alpha value is -3.46. The third-order valence-electron chi connectivity index (χ3n) is 4.94. The summed E-state index contributed by atoms with van der Waals surface area (Å²) in [4.78, 5) is 0.0901. The van der Waals surface area contributed by atoms with Crippen molar-refractivity contribution in [2.45, 2.75) is 24.8 Å². The van der Waals surface area contributed by atoms with Gasteiger partial charge in [-0.25, -0.2) is 12.8 Å². The van der Waals surface area contributed by atoms with Crippen molar-refractivity contribution in [1.82, 2.24) is 14.6 Å². The van der Waals surface area contributed by atoms with Crippen molar-refractivity contribution in [3.05, 3.63) is 84.1 Å². The summed E-state index contributed by atoms with van der Waals surface area (Å²) in [7, 11) is -2.59. The molecule has 0 spiro atoms. The maximum Gasteiger partial charge on any atom is 0.266 e. The first-order valence-corrected chi connectivity index (χ1v) is 11.1. The van der Waals surface area contributed by atoms with E-state index in [1.165, 1.54) is 35.8 Å². The number of anilines is 1. The summed E-state index contributed by atoms with van der Waals surface area (Å²) < 4.78 is 49.4. The van der Waals surface area contributed by atoms with E-state index in [1.807, 2.05) is 6.92 Å². The van der Waals surface area contributed by atoms with Crippen molar-refractivity contribution in [3.8, 4) is 5.75 Å². The van der Waals surface area contributed by atoms with E-state index >= 15 is 0 Å². The maximum atomic E-state index is 14.2. The third kappa shape index (κ3) is 3.96. The van der Waals surface area contributed by atoms with Crippen LogP contribution in [0, 0.1) is 5.82 Å². The molecule has 0 fully saturated rings. The van der Waals surface area contributed by atoms with Gasteiger partial charge < -0.3 is 4.74 Å². The summed E-state index contributed by atoms with van der Waals surface area (Å²) in [5.74, 6) is 0.211. The number of aromatic nitrogens is 3. The fourth-order valence-corrected chi connectivity index (χ4v) is 4.77. The summed E-state index contributed by atoms with van der Waals surface area (Å²) in [5, 5.41) is 8.15. The van der Waals surface area contributed by atoms with Crippen LogP contribution >= 0.6 is 0 Å². The predicted molar refractivity (Wildman–Crippen MR) is 115 cm³/mol. The van der Waals surface area contributed by atoms with Crippen molar-refractivity contribution < 1.29 is 17.5 Å². The highest BCUT2D eigenvalue weighted by atomic mass is 32.2. The number of aryl methyl sites for hydroxylation is 1. The molecular formula is C22H21FN4O3S. The van der Waals surface area contributed by atoms with Crippen molar-refractivity contribution in [2.75, 3.05) is 11.4 Å². The van der Waals surface area contributed by atoms with Gasteiger partial charge in [0.25, 0.3) is 10.0 Å². The molecule has 0 aliphatic heterocycles. The molecule has 0 atom stereocenters. The molecule has 0 amide bonds. The standard InChI is InChI=1S/C22H21FN4O3S/c1-3-21-24-25-22-12-10-18(15-26(21)22)31(28,29)27(17-7-5-4-6-8-17)14-16-9-11-20(30-2)19(23)13-16/h4-13,15H,3,14H2,1-2H3. The summed E-state index contributed by atoms with van der Waals surface area (Å²) in [6.45, 7) is 1.88. The molecule has 9 heteroatoms. The molecule has 2 heterocycles. The van der Waals surface area contributed by atoms with E-state index in [-0.39, 0.29) is 17.2 Å². The van der Waals surface area contributed by atoms with Gasteiger partial charge in [0.2, 0.25) is 0 Å². The molecule has 0 aliphatic carbocycles. The number of rotatable bonds is 7. The molecule has 0 saturated carbocycles. The fourth-order valence-electron chi connectivity index (χ4n) is 3.32. The Morgan fingerprint density at radius 1 is 1.06 bits per heavy atom. The number of halogens is 1. The molecule has 0 unspecified atom stereocenters. The lowest BCUT2D eigenvalue weighted by molar-refractivity contribution is 0.386. The van der Waals surface area contributed by atoms with Crippen LogP contribution in [-0.2, 0) is 23.0 Å². The molecule has 0 saturated heterocycles. The van der Waals surface area contributed by atoms with Crippen molar-refractivity contribution >= 4 is 21.4 Å². The lowest BCUT2D eigenvalue weighted by atomic mass is 10.2. The SMILES string of the molecule is CCc1nnc2ccc(S(=O)(=O)N(Cc3ccc(OC)c(F)c3)c3ccccc3)cn12. The Bertz CT molecular complexity index is 1320. The zero-order valence-corrected chi connectivity index (χ0v) is 17.9. The molecule has 160 valence electrons. The number of hydrogen-bond donors (Lipinski definition) is 0. The Balaban J connectivity index is 1.80. The monoisotopic (exact) mass is 440 g/mol. The van der Waals surface area contributed by atoms with Gasteiger partial charge in [0.05, 0.1) is 19.3 Å². The number of methoxy groups -OCH3 is 1. The molecule has 7 nitrogen and oxygen atoms in total. The number of sulfonamides is 1. The Labute approximate surface area is 179 Å².